The topological polar surface area (TPSA) is 29.5 Å². The fourth-order valence-electron chi connectivity index (χ4n) is 3.00. The SMILES string of the molecule is CCN(CC)CC(=O)OC[C@@H]1[C@@H](C)C=C(C)C[C@@H]1C. The Morgan fingerprint density at radius 2 is 2.00 bits per heavy atom. The summed E-state index contributed by atoms with van der Waals surface area (Å²) in [6, 6.07) is 0. The first-order valence-corrected chi connectivity index (χ1v) is 7.53. The molecule has 0 aromatic rings. The number of hydrogen-bond acceptors (Lipinski definition) is 3. The highest BCUT2D eigenvalue weighted by Crippen LogP contribution is 2.33. The van der Waals surface area contributed by atoms with Crippen molar-refractivity contribution in [1.82, 2.24) is 4.90 Å². The second-order valence-corrected chi connectivity index (χ2v) is 5.86. The van der Waals surface area contributed by atoms with Crippen molar-refractivity contribution in [3.05, 3.63) is 11.6 Å². The highest BCUT2D eigenvalue weighted by atomic mass is 16.5. The monoisotopic (exact) mass is 267 g/mol. The van der Waals surface area contributed by atoms with Gasteiger partial charge < -0.3 is 4.74 Å². The molecule has 0 unspecified atom stereocenters. The molecule has 3 nitrogen and oxygen atoms in total. The predicted octanol–water partition coefficient (Wildman–Crippen LogP) is 3.11. The maximum Gasteiger partial charge on any atom is 0.320 e. The van der Waals surface area contributed by atoms with Gasteiger partial charge in [-0.25, -0.2) is 0 Å². The lowest BCUT2D eigenvalue weighted by Gasteiger charge is -2.32. The van der Waals surface area contributed by atoms with Gasteiger partial charge in [0.25, 0.3) is 0 Å². The number of hydrogen-bond donors (Lipinski definition) is 0. The zero-order valence-electron chi connectivity index (χ0n) is 13.1. The zero-order chi connectivity index (χ0) is 14.4. The van der Waals surface area contributed by atoms with E-state index in [-0.39, 0.29) is 5.97 Å². The molecular formula is C16H29NO2. The summed E-state index contributed by atoms with van der Waals surface area (Å²) in [5, 5.41) is 0. The third kappa shape index (κ3) is 4.98. The first-order valence-electron chi connectivity index (χ1n) is 7.53. The molecule has 1 aliphatic rings. The van der Waals surface area contributed by atoms with Gasteiger partial charge in [0, 0.05) is 5.92 Å². The molecular weight excluding hydrogens is 238 g/mol. The average molecular weight is 267 g/mol. The third-order valence-corrected chi connectivity index (χ3v) is 4.28. The van der Waals surface area contributed by atoms with E-state index in [0.717, 1.165) is 19.5 Å². The molecule has 0 N–H and O–H groups in total. The Balaban J connectivity index is 2.41. The normalized spacial score (nSPS) is 27.3. The highest BCUT2D eigenvalue weighted by molar-refractivity contribution is 5.71. The third-order valence-electron chi connectivity index (χ3n) is 4.28. The minimum absolute atomic E-state index is 0.0885. The maximum atomic E-state index is 11.8. The van der Waals surface area contributed by atoms with Crippen LogP contribution in [0.15, 0.2) is 11.6 Å². The van der Waals surface area contributed by atoms with Crippen LogP contribution in [0.25, 0.3) is 0 Å². The smallest absolute Gasteiger partial charge is 0.320 e. The molecule has 0 aliphatic heterocycles. The van der Waals surface area contributed by atoms with Gasteiger partial charge in [-0.3, -0.25) is 9.69 Å². The van der Waals surface area contributed by atoms with Gasteiger partial charge in [0.15, 0.2) is 0 Å². The van der Waals surface area contributed by atoms with Crippen LogP contribution in [0.4, 0.5) is 0 Å². The Morgan fingerprint density at radius 1 is 1.37 bits per heavy atom. The van der Waals surface area contributed by atoms with E-state index < -0.39 is 0 Å². The lowest BCUT2D eigenvalue weighted by atomic mass is 9.75. The van der Waals surface area contributed by atoms with Gasteiger partial charge >= 0.3 is 5.97 Å². The minimum Gasteiger partial charge on any atom is -0.464 e. The molecule has 0 radical (unpaired) electrons. The maximum absolute atomic E-state index is 11.8. The Hall–Kier alpha value is -0.830. The molecule has 0 spiro atoms. The number of likely N-dealkylation sites (N-methyl/N-ethyl adjacent to an activating group) is 1. The zero-order valence-corrected chi connectivity index (χ0v) is 13.1. The van der Waals surface area contributed by atoms with E-state index in [1.807, 2.05) is 0 Å². The molecule has 110 valence electrons. The average Bonchev–Trinajstić information content (AvgIpc) is 2.34. The van der Waals surface area contributed by atoms with E-state index >= 15 is 0 Å². The number of nitrogens with zero attached hydrogens (tertiary/aromatic N) is 1. The van der Waals surface area contributed by atoms with Gasteiger partial charge in [-0.2, -0.15) is 0 Å². The second-order valence-electron chi connectivity index (χ2n) is 5.86. The summed E-state index contributed by atoms with van der Waals surface area (Å²) in [6.07, 6.45) is 3.45. The molecule has 19 heavy (non-hydrogen) atoms. The second kappa shape index (κ2) is 7.68. The van der Waals surface area contributed by atoms with Crippen LogP contribution < -0.4 is 0 Å². The molecule has 1 aliphatic carbocycles. The van der Waals surface area contributed by atoms with Crippen LogP contribution in [0.2, 0.25) is 0 Å². The first kappa shape index (κ1) is 16.2. The van der Waals surface area contributed by atoms with Gasteiger partial charge in [0.1, 0.15) is 0 Å². The molecule has 1 rings (SSSR count). The number of esters is 1. The van der Waals surface area contributed by atoms with E-state index in [4.69, 9.17) is 4.74 Å². The minimum atomic E-state index is -0.0885. The van der Waals surface area contributed by atoms with Gasteiger partial charge in [-0.1, -0.05) is 39.3 Å². The van der Waals surface area contributed by atoms with Crippen LogP contribution in [0.1, 0.15) is 41.0 Å². The quantitative estimate of drug-likeness (QED) is 0.547. The summed E-state index contributed by atoms with van der Waals surface area (Å²) in [5.74, 6) is 1.48. The largest absolute Gasteiger partial charge is 0.464 e. The molecule has 0 saturated carbocycles. The van der Waals surface area contributed by atoms with Gasteiger partial charge in [0.2, 0.25) is 0 Å². The van der Waals surface area contributed by atoms with Crippen molar-refractivity contribution in [3.8, 4) is 0 Å². The Kier molecular flexibility index (Phi) is 6.56. The highest BCUT2D eigenvalue weighted by Gasteiger charge is 2.27. The van der Waals surface area contributed by atoms with E-state index in [1.54, 1.807) is 0 Å². The van der Waals surface area contributed by atoms with Crippen LogP contribution in [0.3, 0.4) is 0 Å². The molecule has 0 aromatic carbocycles. The number of carbonyl (C=O) groups is 1. The van der Waals surface area contributed by atoms with Crippen LogP contribution in [-0.2, 0) is 9.53 Å². The van der Waals surface area contributed by atoms with Gasteiger partial charge in [-0.05, 0) is 38.3 Å². The lowest BCUT2D eigenvalue weighted by Crippen LogP contribution is -2.33. The fraction of sp³-hybridized carbons (Fsp3) is 0.812. The number of carbonyl (C=O) groups excluding carboxylic acids is 1. The first-order chi connectivity index (χ1) is 8.97. The predicted molar refractivity (Wildman–Crippen MR) is 78.9 cm³/mol. The van der Waals surface area contributed by atoms with Crippen molar-refractivity contribution in [2.45, 2.75) is 41.0 Å². The lowest BCUT2D eigenvalue weighted by molar-refractivity contribution is -0.147. The summed E-state index contributed by atoms with van der Waals surface area (Å²) in [7, 11) is 0. The molecule has 3 atom stereocenters. The molecule has 0 heterocycles. The van der Waals surface area contributed by atoms with Crippen molar-refractivity contribution in [2.24, 2.45) is 17.8 Å². The summed E-state index contributed by atoms with van der Waals surface area (Å²) in [6.45, 7) is 13.6. The number of rotatable bonds is 6. The summed E-state index contributed by atoms with van der Waals surface area (Å²) < 4.78 is 5.48. The summed E-state index contributed by atoms with van der Waals surface area (Å²) >= 11 is 0. The van der Waals surface area contributed by atoms with Crippen molar-refractivity contribution >= 4 is 5.97 Å². The Labute approximate surface area is 118 Å². The molecule has 3 heteroatoms. The van der Waals surface area contributed by atoms with Crippen molar-refractivity contribution < 1.29 is 9.53 Å². The molecule has 0 bridgehead atoms. The van der Waals surface area contributed by atoms with E-state index in [2.05, 4.69) is 45.6 Å². The van der Waals surface area contributed by atoms with Crippen molar-refractivity contribution in [3.63, 3.8) is 0 Å². The van der Waals surface area contributed by atoms with E-state index in [0.29, 0.717) is 30.9 Å². The summed E-state index contributed by atoms with van der Waals surface area (Å²) in [5.41, 5.74) is 1.46. The van der Waals surface area contributed by atoms with Gasteiger partial charge in [0.05, 0.1) is 13.2 Å². The Bertz CT molecular complexity index is 321. The van der Waals surface area contributed by atoms with Crippen molar-refractivity contribution in [1.29, 1.82) is 0 Å². The van der Waals surface area contributed by atoms with Crippen LogP contribution in [-0.4, -0.2) is 37.1 Å². The standard InChI is InChI=1S/C16H29NO2/c1-6-17(7-2)10-16(18)19-11-15-13(4)8-12(3)9-14(15)5/h8,13-15H,6-7,9-11H2,1-5H3/t13-,14-,15+/m0/s1. The summed E-state index contributed by atoms with van der Waals surface area (Å²) in [4.78, 5) is 13.9. The molecule has 0 saturated heterocycles. The molecule has 0 amide bonds. The van der Waals surface area contributed by atoms with Crippen LogP contribution >= 0.6 is 0 Å². The molecule has 0 aromatic heterocycles. The number of ether oxygens (including phenoxy) is 1. The van der Waals surface area contributed by atoms with E-state index in [9.17, 15) is 4.79 Å². The van der Waals surface area contributed by atoms with Crippen LogP contribution in [0.5, 0.6) is 0 Å². The van der Waals surface area contributed by atoms with Gasteiger partial charge in [-0.15, -0.1) is 0 Å². The van der Waals surface area contributed by atoms with Crippen molar-refractivity contribution in [2.75, 3.05) is 26.2 Å². The van der Waals surface area contributed by atoms with E-state index in [1.165, 1.54) is 5.57 Å². The fourth-order valence-corrected chi connectivity index (χ4v) is 3.00. The number of allylic oxidation sites excluding steroid dienone is 2. The Morgan fingerprint density at radius 3 is 2.53 bits per heavy atom. The molecule has 0 fully saturated rings. The van der Waals surface area contributed by atoms with Crippen LogP contribution in [0, 0.1) is 17.8 Å².